The SMILES string of the molecule is CCC/C=C/CC/C=C/C(O)C(COP(=O)(O)OC1C(O)C(O)C(O)C(O)C1O)NC(=O)CC(O)CCCCCCCCCCCCCCC/C=C\C/C=C\CCCCCCCCCCC. The van der Waals surface area contributed by atoms with Crippen LogP contribution in [0.15, 0.2) is 48.6 Å². The Morgan fingerprint density at radius 3 is 1.47 bits per heavy atom. The summed E-state index contributed by atoms with van der Waals surface area (Å²) in [6, 6.07) is -1.26. The van der Waals surface area contributed by atoms with Crippen LogP contribution in [-0.2, 0) is 18.4 Å². The smallest absolute Gasteiger partial charge is 0.393 e. The number of allylic oxidation sites excluding steroid dienone is 7. The van der Waals surface area contributed by atoms with Crippen molar-refractivity contribution < 1.29 is 59.0 Å². The van der Waals surface area contributed by atoms with Gasteiger partial charge in [0.2, 0.25) is 5.91 Å². The quantitative estimate of drug-likeness (QED) is 0.0158. The van der Waals surface area contributed by atoms with E-state index >= 15 is 0 Å². The lowest BCUT2D eigenvalue weighted by Gasteiger charge is -2.41. The highest BCUT2D eigenvalue weighted by molar-refractivity contribution is 7.47. The highest BCUT2D eigenvalue weighted by Gasteiger charge is 2.51. The zero-order valence-corrected chi connectivity index (χ0v) is 42.0. The molecule has 1 saturated carbocycles. The Hall–Kier alpha value is -1.74. The monoisotopic (exact) mass is 958 g/mol. The summed E-state index contributed by atoms with van der Waals surface area (Å²) >= 11 is 0. The summed E-state index contributed by atoms with van der Waals surface area (Å²) in [6.45, 7) is 3.60. The summed E-state index contributed by atoms with van der Waals surface area (Å²) in [5.41, 5.74) is 0. The van der Waals surface area contributed by atoms with E-state index in [2.05, 4.69) is 49.5 Å². The van der Waals surface area contributed by atoms with Gasteiger partial charge in [0.1, 0.15) is 36.6 Å². The third kappa shape index (κ3) is 32.1. The second-order valence-corrected chi connectivity index (χ2v) is 20.0. The van der Waals surface area contributed by atoms with E-state index in [0.29, 0.717) is 12.8 Å². The van der Waals surface area contributed by atoms with Gasteiger partial charge in [-0.05, 0) is 57.8 Å². The van der Waals surface area contributed by atoms with Crippen LogP contribution in [0.1, 0.15) is 213 Å². The molecule has 0 spiro atoms. The maximum atomic E-state index is 13.0. The maximum Gasteiger partial charge on any atom is 0.472 e. The molecule has 1 fully saturated rings. The fourth-order valence-electron chi connectivity index (χ4n) is 8.12. The Bertz CT molecular complexity index is 1310. The van der Waals surface area contributed by atoms with Gasteiger partial charge in [-0.25, -0.2) is 4.57 Å². The van der Waals surface area contributed by atoms with Crippen LogP contribution >= 0.6 is 7.82 Å². The minimum Gasteiger partial charge on any atom is -0.393 e. The van der Waals surface area contributed by atoms with E-state index in [1.165, 1.54) is 134 Å². The van der Waals surface area contributed by atoms with Crippen molar-refractivity contribution in [1.29, 1.82) is 0 Å². The van der Waals surface area contributed by atoms with Gasteiger partial charge in [-0.1, -0.05) is 197 Å². The van der Waals surface area contributed by atoms with Gasteiger partial charge >= 0.3 is 7.82 Å². The molecule has 386 valence electrons. The van der Waals surface area contributed by atoms with E-state index in [1.807, 2.05) is 6.08 Å². The maximum absolute atomic E-state index is 13.0. The first-order valence-corrected chi connectivity index (χ1v) is 27.7. The van der Waals surface area contributed by atoms with E-state index in [9.17, 15) is 50.0 Å². The largest absolute Gasteiger partial charge is 0.472 e. The molecule has 0 bridgehead atoms. The fraction of sp³-hybridized carbons (Fsp3) is 0.827. The van der Waals surface area contributed by atoms with E-state index in [4.69, 9.17) is 9.05 Å². The lowest BCUT2D eigenvalue weighted by Crippen LogP contribution is -2.64. The highest BCUT2D eigenvalue weighted by atomic mass is 31.2. The second kappa shape index (κ2) is 41.1. The summed E-state index contributed by atoms with van der Waals surface area (Å²) < 4.78 is 22.7. The minimum absolute atomic E-state index is 0.255. The number of nitrogens with one attached hydrogen (secondary N) is 1. The van der Waals surface area contributed by atoms with Gasteiger partial charge in [-0.2, -0.15) is 0 Å². The predicted octanol–water partition coefficient (Wildman–Crippen LogP) is 9.87. The molecule has 0 aromatic rings. The number of phosphoric acid groups is 1. The van der Waals surface area contributed by atoms with Crippen LogP contribution in [0.4, 0.5) is 0 Å². The molecule has 0 aliphatic heterocycles. The van der Waals surface area contributed by atoms with Gasteiger partial charge in [0.15, 0.2) is 0 Å². The number of carbonyl (C=O) groups is 1. The molecule has 1 aliphatic rings. The van der Waals surface area contributed by atoms with Gasteiger partial charge in [-0.3, -0.25) is 13.8 Å². The van der Waals surface area contributed by atoms with Gasteiger partial charge in [0.05, 0.1) is 31.3 Å². The number of aliphatic hydroxyl groups is 7. The van der Waals surface area contributed by atoms with Gasteiger partial charge in [-0.15, -0.1) is 0 Å². The minimum atomic E-state index is -5.14. The molecule has 14 heteroatoms. The van der Waals surface area contributed by atoms with Crippen LogP contribution in [0, 0.1) is 0 Å². The van der Waals surface area contributed by atoms with E-state index in [-0.39, 0.29) is 6.42 Å². The topological polar surface area (TPSA) is 226 Å². The number of carbonyl (C=O) groups excluding carboxylic acids is 1. The lowest BCUT2D eigenvalue weighted by atomic mass is 9.85. The average Bonchev–Trinajstić information content (AvgIpc) is 3.29. The van der Waals surface area contributed by atoms with Crippen LogP contribution in [0.2, 0.25) is 0 Å². The number of unbranched alkanes of at least 4 members (excludes halogenated alkanes) is 24. The number of phosphoric ester groups is 1. The number of amides is 1. The van der Waals surface area contributed by atoms with Crippen LogP contribution in [-0.4, -0.2) is 108 Å². The second-order valence-electron chi connectivity index (χ2n) is 18.5. The van der Waals surface area contributed by atoms with Gasteiger partial charge in [0, 0.05) is 0 Å². The standard InChI is InChI=1S/C52H96NO12P/c1-3-5-7-9-11-12-13-14-15-16-17-18-19-20-21-22-23-24-25-26-27-28-29-30-31-32-34-35-37-39-43(54)41-46(56)53-44(45(55)40-38-36-33-10-8-6-4-2)42-64-66(62,63)65-52-50(60)48(58)47(57)49(59)51(52)61/h8,10,17-18,20-21,38,40,43-45,47-52,54-55,57-61H,3-7,9,11-16,19,22-37,39,41-42H2,1-2H3,(H,53,56)(H,62,63)/b10-8+,18-17-,21-20-,40-38+. The molecule has 13 nitrogen and oxygen atoms in total. The van der Waals surface area contributed by atoms with Crippen molar-refractivity contribution in [2.24, 2.45) is 0 Å². The molecular formula is C52H96NO12P. The van der Waals surface area contributed by atoms with Crippen molar-refractivity contribution in [3.63, 3.8) is 0 Å². The summed E-state index contributed by atoms with van der Waals surface area (Å²) in [5, 5.41) is 74.2. The van der Waals surface area contributed by atoms with E-state index < -0.39 is 75.2 Å². The Balaban J connectivity index is 2.23. The Kier molecular flexibility index (Phi) is 38.8. The first-order valence-electron chi connectivity index (χ1n) is 26.2. The molecule has 0 aromatic carbocycles. The molecular weight excluding hydrogens is 862 g/mol. The summed E-state index contributed by atoms with van der Waals surface area (Å²) in [5.74, 6) is -0.608. The third-order valence-corrected chi connectivity index (χ3v) is 13.4. The van der Waals surface area contributed by atoms with Crippen LogP contribution in [0.3, 0.4) is 0 Å². The number of hydrogen-bond acceptors (Lipinski definition) is 11. The van der Waals surface area contributed by atoms with Crippen molar-refractivity contribution in [2.45, 2.75) is 268 Å². The normalized spacial score (nSPS) is 22.8. The van der Waals surface area contributed by atoms with Crippen LogP contribution in [0.5, 0.6) is 0 Å². The first kappa shape index (κ1) is 62.3. The Morgan fingerprint density at radius 2 is 0.970 bits per heavy atom. The predicted molar refractivity (Wildman–Crippen MR) is 266 cm³/mol. The third-order valence-electron chi connectivity index (χ3n) is 12.4. The van der Waals surface area contributed by atoms with E-state index in [0.717, 1.165) is 51.4 Å². The van der Waals surface area contributed by atoms with Gasteiger partial charge < -0.3 is 46.0 Å². The zero-order valence-electron chi connectivity index (χ0n) is 41.1. The Morgan fingerprint density at radius 1 is 0.545 bits per heavy atom. The van der Waals surface area contributed by atoms with E-state index in [1.54, 1.807) is 6.08 Å². The average molecular weight is 958 g/mol. The van der Waals surface area contributed by atoms with Crippen molar-refractivity contribution >= 4 is 13.7 Å². The number of hydrogen-bond donors (Lipinski definition) is 9. The molecule has 1 aliphatic carbocycles. The lowest BCUT2D eigenvalue weighted by molar-refractivity contribution is -0.220. The number of rotatable bonds is 43. The molecule has 66 heavy (non-hydrogen) atoms. The molecule has 9 N–H and O–H groups in total. The number of aliphatic hydroxyl groups excluding tert-OH is 7. The summed E-state index contributed by atoms with van der Waals surface area (Å²) in [7, 11) is -5.14. The molecule has 0 saturated heterocycles. The van der Waals surface area contributed by atoms with Crippen molar-refractivity contribution in [1.82, 2.24) is 5.32 Å². The van der Waals surface area contributed by atoms with Crippen molar-refractivity contribution in [2.75, 3.05) is 6.61 Å². The molecule has 0 radical (unpaired) electrons. The van der Waals surface area contributed by atoms with Crippen molar-refractivity contribution in [3.8, 4) is 0 Å². The molecule has 0 heterocycles. The van der Waals surface area contributed by atoms with Crippen LogP contribution < -0.4 is 5.32 Å². The Labute approximate surface area is 399 Å². The molecule has 1 rings (SSSR count). The van der Waals surface area contributed by atoms with Gasteiger partial charge in [0.25, 0.3) is 0 Å². The fourth-order valence-corrected chi connectivity index (χ4v) is 9.09. The molecule has 1 amide bonds. The first-order chi connectivity index (χ1) is 31.8. The van der Waals surface area contributed by atoms with Crippen molar-refractivity contribution in [3.05, 3.63) is 48.6 Å². The molecule has 8 unspecified atom stereocenters. The molecule has 0 aromatic heterocycles. The molecule has 8 atom stereocenters. The zero-order chi connectivity index (χ0) is 48.7. The highest BCUT2D eigenvalue weighted by Crippen LogP contribution is 2.47. The summed E-state index contributed by atoms with van der Waals surface area (Å²) in [6.07, 6.45) is 37.1. The summed E-state index contributed by atoms with van der Waals surface area (Å²) in [4.78, 5) is 23.3. The van der Waals surface area contributed by atoms with Crippen LogP contribution in [0.25, 0.3) is 0 Å².